The van der Waals surface area contributed by atoms with Crippen LogP contribution in [-0.4, -0.2) is 11.1 Å². The first-order chi connectivity index (χ1) is 9.20. The van der Waals surface area contributed by atoms with E-state index in [4.69, 9.17) is 5.11 Å². The Hall–Kier alpha value is -0.790. The molecule has 0 atom stereocenters. The van der Waals surface area contributed by atoms with Crippen molar-refractivity contribution in [2.45, 2.75) is 51.4 Å². The van der Waals surface area contributed by atoms with Crippen molar-refractivity contribution in [2.24, 2.45) is 35.5 Å². The lowest BCUT2D eigenvalue weighted by molar-refractivity contribution is -0.136. The van der Waals surface area contributed by atoms with Crippen molar-refractivity contribution in [1.82, 2.24) is 0 Å². The first-order valence-corrected chi connectivity index (χ1v) is 8.12. The van der Waals surface area contributed by atoms with Gasteiger partial charge in [-0.25, -0.2) is 0 Å². The van der Waals surface area contributed by atoms with E-state index in [-0.39, 0.29) is 6.42 Å². The number of carbonyl (C=O) groups is 1. The molecule has 0 amide bonds. The van der Waals surface area contributed by atoms with Gasteiger partial charge in [0, 0.05) is 0 Å². The van der Waals surface area contributed by atoms with Gasteiger partial charge < -0.3 is 5.11 Å². The van der Waals surface area contributed by atoms with Crippen LogP contribution in [0, 0.1) is 35.5 Å². The van der Waals surface area contributed by atoms with Gasteiger partial charge in [0.05, 0.1) is 6.42 Å². The normalized spacial score (nSPS) is 44.6. The highest BCUT2D eigenvalue weighted by Crippen LogP contribution is 2.60. The molecular formula is C17H24O2. The second kappa shape index (κ2) is 4.36. The zero-order valence-corrected chi connectivity index (χ0v) is 11.6. The van der Waals surface area contributed by atoms with E-state index >= 15 is 0 Å². The summed E-state index contributed by atoms with van der Waals surface area (Å²) >= 11 is 0. The fourth-order valence-electron chi connectivity index (χ4n) is 5.67. The van der Waals surface area contributed by atoms with Gasteiger partial charge in [-0.2, -0.15) is 0 Å². The summed E-state index contributed by atoms with van der Waals surface area (Å²) in [5, 5.41) is 8.97. The molecule has 5 rings (SSSR count). The van der Waals surface area contributed by atoms with Crippen LogP contribution in [-0.2, 0) is 4.79 Å². The van der Waals surface area contributed by atoms with Crippen molar-refractivity contribution in [3.05, 3.63) is 11.6 Å². The molecule has 0 unspecified atom stereocenters. The monoisotopic (exact) mass is 260 g/mol. The molecule has 2 heteroatoms. The van der Waals surface area contributed by atoms with Gasteiger partial charge in [-0.05, 0) is 80.5 Å². The van der Waals surface area contributed by atoms with Crippen molar-refractivity contribution >= 4 is 5.97 Å². The van der Waals surface area contributed by atoms with Crippen molar-refractivity contribution in [3.8, 4) is 0 Å². The maximum Gasteiger partial charge on any atom is 0.307 e. The molecule has 0 aromatic carbocycles. The summed E-state index contributed by atoms with van der Waals surface area (Å²) < 4.78 is 0. The van der Waals surface area contributed by atoms with Gasteiger partial charge in [0.2, 0.25) is 0 Å². The molecule has 0 radical (unpaired) electrons. The molecule has 0 aromatic rings. The lowest BCUT2D eigenvalue weighted by atomic mass is 9.50. The summed E-state index contributed by atoms with van der Waals surface area (Å²) in [5.74, 6) is 4.68. The first-order valence-electron chi connectivity index (χ1n) is 8.12. The molecule has 2 nitrogen and oxygen atoms in total. The van der Waals surface area contributed by atoms with Crippen LogP contribution in [0.1, 0.15) is 51.4 Å². The Morgan fingerprint density at radius 1 is 1.00 bits per heavy atom. The zero-order valence-electron chi connectivity index (χ0n) is 11.6. The van der Waals surface area contributed by atoms with Crippen LogP contribution in [0.25, 0.3) is 0 Å². The summed E-state index contributed by atoms with van der Waals surface area (Å²) in [5.41, 5.74) is 1.57. The number of carboxylic acid groups (broad SMARTS) is 1. The number of hydrogen-bond acceptors (Lipinski definition) is 1. The highest BCUT2D eigenvalue weighted by atomic mass is 16.4. The summed E-state index contributed by atoms with van der Waals surface area (Å²) in [4.78, 5) is 10.9. The number of rotatable bonds is 4. The molecule has 104 valence electrons. The molecule has 0 spiro atoms. The van der Waals surface area contributed by atoms with Gasteiger partial charge in [-0.1, -0.05) is 11.6 Å². The maximum absolute atomic E-state index is 10.9. The molecule has 4 bridgehead atoms. The molecule has 19 heavy (non-hydrogen) atoms. The minimum Gasteiger partial charge on any atom is -0.481 e. The summed E-state index contributed by atoms with van der Waals surface area (Å²) in [6, 6.07) is 0. The van der Waals surface area contributed by atoms with E-state index in [2.05, 4.69) is 6.08 Å². The molecule has 0 heterocycles. The Morgan fingerprint density at radius 2 is 1.58 bits per heavy atom. The Kier molecular flexibility index (Phi) is 2.75. The molecule has 5 aliphatic carbocycles. The van der Waals surface area contributed by atoms with Gasteiger partial charge in [-0.3, -0.25) is 4.79 Å². The summed E-state index contributed by atoms with van der Waals surface area (Å²) in [6.07, 6.45) is 12.2. The number of allylic oxidation sites excluding steroid dienone is 1. The van der Waals surface area contributed by atoms with Gasteiger partial charge in [0.1, 0.15) is 0 Å². The predicted molar refractivity (Wildman–Crippen MR) is 73.6 cm³/mol. The van der Waals surface area contributed by atoms with Gasteiger partial charge in [0.15, 0.2) is 0 Å². The van der Waals surface area contributed by atoms with E-state index in [1.165, 1.54) is 44.9 Å². The molecular weight excluding hydrogens is 236 g/mol. The minimum atomic E-state index is -0.665. The quantitative estimate of drug-likeness (QED) is 0.779. The first kappa shape index (κ1) is 12.0. The molecule has 1 N–H and O–H groups in total. The molecule has 5 saturated carbocycles. The maximum atomic E-state index is 10.9. The molecule has 5 aliphatic rings. The number of hydrogen-bond donors (Lipinski definition) is 1. The number of aliphatic carboxylic acids is 1. The van der Waals surface area contributed by atoms with E-state index in [0.717, 1.165) is 35.5 Å². The van der Waals surface area contributed by atoms with Gasteiger partial charge in [-0.15, -0.1) is 0 Å². The van der Waals surface area contributed by atoms with Crippen LogP contribution in [0.2, 0.25) is 0 Å². The van der Waals surface area contributed by atoms with E-state index < -0.39 is 5.97 Å². The van der Waals surface area contributed by atoms with E-state index in [0.29, 0.717) is 0 Å². The SMILES string of the molecule is O=C(O)C/C=C(\C1CC1)C1C2CC3CC(C2)CC1C3. The van der Waals surface area contributed by atoms with E-state index in [1.54, 1.807) is 5.57 Å². The topological polar surface area (TPSA) is 37.3 Å². The van der Waals surface area contributed by atoms with Crippen LogP contribution in [0.5, 0.6) is 0 Å². The largest absolute Gasteiger partial charge is 0.481 e. The van der Waals surface area contributed by atoms with Crippen LogP contribution in [0.15, 0.2) is 11.6 Å². The Balaban J connectivity index is 1.59. The van der Waals surface area contributed by atoms with Crippen molar-refractivity contribution < 1.29 is 9.90 Å². The molecule has 0 aliphatic heterocycles. The number of carboxylic acids is 1. The Labute approximate surface area is 115 Å². The van der Waals surface area contributed by atoms with Crippen molar-refractivity contribution in [1.29, 1.82) is 0 Å². The minimum absolute atomic E-state index is 0.245. The second-order valence-corrected chi connectivity index (χ2v) is 7.53. The standard InChI is InChI=1S/C17H24O2/c18-16(19)4-3-15(12-1-2-12)17-13-6-10-5-11(8-13)9-14(17)7-10/h3,10-14,17H,1-2,4-9H2,(H,18,19)/b15-3+. The van der Waals surface area contributed by atoms with Crippen LogP contribution in [0.3, 0.4) is 0 Å². The second-order valence-electron chi connectivity index (χ2n) is 7.53. The lowest BCUT2D eigenvalue weighted by Crippen LogP contribution is -2.46. The van der Waals surface area contributed by atoms with Gasteiger partial charge >= 0.3 is 5.97 Å². The fourth-order valence-corrected chi connectivity index (χ4v) is 5.67. The van der Waals surface area contributed by atoms with Gasteiger partial charge in [0.25, 0.3) is 0 Å². The molecule has 5 fully saturated rings. The average Bonchev–Trinajstić information content (AvgIpc) is 3.15. The third-order valence-corrected chi connectivity index (χ3v) is 6.17. The highest BCUT2D eigenvalue weighted by Gasteiger charge is 2.50. The Morgan fingerprint density at radius 3 is 2.05 bits per heavy atom. The third kappa shape index (κ3) is 2.13. The van der Waals surface area contributed by atoms with E-state index in [1.807, 2.05) is 0 Å². The van der Waals surface area contributed by atoms with E-state index in [9.17, 15) is 4.79 Å². The fraction of sp³-hybridized carbons (Fsp3) is 0.824. The summed E-state index contributed by atoms with van der Waals surface area (Å²) in [6.45, 7) is 0. The predicted octanol–water partition coefficient (Wildman–Crippen LogP) is 3.87. The van der Waals surface area contributed by atoms with Crippen molar-refractivity contribution in [3.63, 3.8) is 0 Å². The van der Waals surface area contributed by atoms with Crippen molar-refractivity contribution in [2.75, 3.05) is 0 Å². The Bertz CT molecular complexity index is 391. The summed E-state index contributed by atoms with van der Waals surface area (Å²) in [7, 11) is 0. The zero-order chi connectivity index (χ0) is 13.0. The van der Waals surface area contributed by atoms with Crippen LogP contribution < -0.4 is 0 Å². The van der Waals surface area contributed by atoms with Crippen LogP contribution in [0.4, 0.5) is 0 Å². The lowest BCUT2D eigenvalue weighted by Gasteiger charge is -2.55. The molecule has 0 saturated heterocycles. The van der Waals surface area contributed by atoms with Crippen LogP contribution >= 0.6 is 0 Å². The highest BCUT2D eigenvalue weighted by molar-refractivity contribution is 5.68. The molecule has 0 aromatic heterocycles. The third-order valence-electron chi connectivity index (χ3n) is 6.17. The average molecular weight is 260 g/mol. The smallest absolute Gasteiger partial charge is 0.307 e.